The predicted octanol–water partition coefficient (Wildman–Crippen LogP) is 1.84. The molecule has 1 aliphatic heterocycles. The van der Waals surface area contributed by atoms with E-state index in [1.54, 1.807) is 0 Å². The fourth-order valence-corrected chi connectivity index (χ4v) is 2.35. The first-order chi connectivity index (χ1) is 7.81. The van der Waals surface area contributed by atoms with Gasteiger partial charge in [-0.1, -0.05) is 13.8 Å². The Morgan fingerprint density at radius 3 is 2.35 bits per heavy atom. The summed E-state index contributed by atoms with van der Waals surface area (Å²) in [5, 5.41) is 7.53. The first-order valence-electron chi connectivity index (χ1n) is 6.53. The molecule has 0 aromatic rings. The minimum Gasteiger partial charge on any atom is -0.387 e. The third kappa shape index (κ3) is 4.64. The van der Waals surface area contributed by atoms with Crippen LogP contribution in [0.2, 0.25) is 0 Å². The molecular formula is C13H27N3O. The van der Waals surface area contributed by atoms with Crippen LogP contribution in [0.4, 0.5) is 0 Å². The molecule has 2 atom stereocenters. The second kappa shape index (κ2) is 5.83. The topological polar surface area (TPSA) is 62.3 Å². The van der Waals surface area contributed by atoms with Crippen LogP contribution < -0.4 is 5.73 Å². The van der Waals surface area contributed by atoms with Gasteiger partial charge in [-0.2, -0.15) is 0 Å². The molecule has 1 rings (SSSR count). The highest BCUT2D eigenvalue weighted by Crippen LogP contribution is 2.22. The van der Waals surface area contributed by atoms with Crippen LogP contribution in [0.5, 0.6) is 0 Å². The Labute approximate surface area is 105 Å². The van der Waals surface area contributed by atoms with Crippen LogP contribution in [0.15, 0.2) is 0 Å². The third-order valence-electron chi connectivity index (χ3n) is 3.50. The zero-order valence-corrected chi connectivity index (χ0v) is 11.6. The van der Waals surface area contributed by atoms with Crippen LogP contribution >= 0.6 is 0 Å². The third-order valence-corrected chi connectivity index (χ3v) is 3.50. The van der Waals surface area contributed by atoms with Gasteiger partial charge in [-0.15, -0.1) is 0 Å². The molecule has 1 heterocycles. The van der Waals surface area contributed by atoms with Crippen molar-refractivity contribution in [1.29, 1.82) is 5.41 Å². The van der Waals surface area contributed by atoms with Crippen molar-refractivity contribution in [2.24, 2.45) is 11.1 Å². The van der Waals surface area contributed by atoms with Gasteiger partial charge in [-0.05, 0) is 33.2 Å². The Hall–Kier alpha value is -0.610. The van der Waals surface area contributed by atoms with Gasteiger partial charge in [0.15, 0.2) is 0 Å². The molecule has 0 aliphatic carbocycles. The lowest BCUT2D eigenvalue weighted by Gasteiger charge is -2.35. The number of nitrogens with two attached hydrogens (primary N) is 1. The Balaban J connectivity index is 2.29. The van der Waals surface area contributed by atoms with E-state index in [4.69, 9.17) is 15.9 Å². The summed E-state index contributed by atoms with van der Waals surface area (Å²) in [6.45, 7) is 11.5. The molecular weight excluding hydrogens is 214 g/mol. The van der Waals surface area contributed by atoms with Crippen LogP contribution in [0.1, 0.15) is 40.5 Å². The highest BCUT2D eigenvalue weighted by Gasteiger charge is 2.24. The van der Waals surface area contributed by atoms with Gasteiger partial charge in [-0.3, -0.25) is 10.3 Å². The summed E-state index contributed by atoms with van der Waals surface area (Å²) in [6.07, 6.45) is 2.73. The lowest BCUT2D eigenvalue weighted by Crippen LogP contribution is -2.45. The lowest BCUT2D eigenvalue weighted by molar-refractivity contribution is -0.0684. The Bertz CT molecular complexity index is 255. The summed E-state index contributed by atoms with van der Waals surface area (Å²) in [5.74, 6) is 0.293. The Kier molecular flexibility index (Phi) is 4.95. The molecule has 4 nitrogen and oxygen atoms in total. The van der Waals surface area contributed by atoms with Gasteiger partial charge in [0.05, 0.1) is 18.0 Å². The van der Waals surface area contributed by atoms with Crippen molar-refractivity contribution in [3.8, 4) is 0 Å². The van der Waals surface area contributed by atoms with E-state index in [1.807, 2.05) is 13.8 Å². The molecule has 3 N–H and O–H groups in total. The van der Waals surface area contributed by atoms with Crippen molar-refractivity contribution >= 4 is 5.84 Å². The van der Waals surface area contributed by atoms with Gasteiger partial charge in [-0.25, -0.2) is 0 Å². The van der Waals surface area contributed by atoms with Gasteiger partial charge in [0.2, 0.25) is 0 Å². The molecule has 1 saturated heterocycles. The zero-order valence-electron chi connectivity index (χ0n) is 11.6. The second-order valence-corrected chi connectivity index (χ2v) is 5.92. The summed E-state index contributed by atoms with van der Waals surface area (Å²) in [6, 6.07) is 0. The number of morpholine rings is 1. The smallest absolute Gasteiger partial charge is 0.0963 e. The maximum Gasteiger partial charge on any atom is 0.0963 e. The maximum absolute atomic E-state index is 7.53. The van der Waals surface area contributed by atoms with Crippen molar-refractivity contribution in [3.05, 3.63) is 0 Å². The molecule has 0 spiro atoms. The van der Waals surface area contributed by atoms with E-state index in [1.165, 1.54) is 0 Å². The average Bonchev–Trinajstić information content (AvgIpc) is 2.15. The van der Waals surface area contributed by atoms with Crippen LogP contribution in [0.3, 0.4) is 0 Å². The summed E-state index contributed by atoms with van der Waals surface area (Å²) < 4.78 is 5.71. The number of hydrogen-bond donors (Lipinski definition) is 2. The lowest BCUT2D eigenvalue weighted by atomic mass is 9.86. The van der Waals surface area contributed by atoms with Crippen molar-refractivity contribution in [1.82, 2.24) is 4.90 Å². The zero-order chi connectivity index (χ0) is 13.1. The van der Waals surface area contributed by atoms with Crippen molar-refractivity contribution in [2.75, 3.05) is 19.6 Å². The number of rotatable bonds is 5. The molecule has 0 radical (unpaired) electrons. The van der Waals surface area contributed by atoms with E-state index >= 15 is 0 Å². The fourth-order valence-electron chi connectivity index (χ4n) is 2.35. The quantitative estimate of drug-likeness (QED) is 0.570. The van der Waals surface area contributed by atoms with E-state index < -0.39 is 0 Å². The van der Waals surface area contributed by atoms with Crippen molar-refractivity contribution in [3.63, 3.8) is 0 Å². The highest BCUT2D eigenvalue weighted by atomic mass is 16.5. The van der Waals surface area contributed by atoms with E-state index in [2.05, 4.69) is 18.7 Å². The van der Waals surface area contributed by atoms with E-state index in [0.717, 1.165) is 32.5 Å². The number of nitrogens with zero attached hydrogens (tertiary/aromatic N) is 1. The molecule has 1 aliphatic rings. The molecule has 0 aromatic heterocycles. The molecule has 0 unspecified atom stereocenters. The van der Waals surface area contributed by atoms with Crippen molar-refractivity contribution in [2.45, 2.75) is 52.7 Å². The molecule has 1 fully saturated rings. The normalized spacial score (nSPS) is 27.1. The molecule has 0 saturated carbocycles. The predicted molar refractivity (Wildman–Crippen MR) is 71.4 cm³/mol. The minimum atomic E-state index is -0.163. The molecule has 0 aromatic carbocycles. The summed E-state index contributed by atoms with van der Waals surface area (Å²) >= 11 is 0. The average molecular weight is 241 g/mol. The fraction of sp³-hybridized carbons (Fsp3) is 0.923. The van der Waals surface area contributed by atoms with E-state index in [-0.39, 0.29) is 5.41 Å². The largest absolute Gasteiger partial charge is 0.387 e. The Morgan fingerprint density at radius 2 is 1.88 bits per heavy atom. The van der Waals surface area contributed by atoms with Gasteiger partial charge in [0.1, 0.15) is 0 Å². The van der Waals surface area contributed by atoms with Crippen LogP contribution in [0, 0.1) is 10.8 Å². The first-order valence-corrected chi connectivity index (χ1v) is 6.53. The van der Waals surface area contributed by atoms with Gasteiger partial charge < -0.3 is 10.5 Å². The monoisotopic (exact) mass is 241 g/mol. The van der Waals surface area contributed by atoms with Gasteiger partial charge >= 0.3 is 0 Å². The molecule has 0 amide bonds. The maximum atomic E-state index is 7.53. The molecule has 4 heteroatoms. The van der Waals surface area contributed by atoms with E-state index in [9.17, 15) is 0 Å². The molecule has 17 heavy (non-hydrogen) atoms. The number of ether oxygens (including phenoxy) is 1. The number of hydrogen-bond acceptors (Lipinski definition) is 3. The summed E-state index contributed by atoms with van der Waals surface area (Å²) in [4.78, 5) is 2.45. The SMILES string of the molecule is C[C@@H]1CN(CCCC(C)(C)C(=N)N)C[C@H](C)O1. The number of nitrogens with one attached hydrogen (secondary N) is 1. The Morgan fingerprint density at radius 1 is 1.35 bits per heavy atom. The standard InChI is InChI=1S/C13H27N3O/c1-10-8-16(9-11(2)17-10)7-5-6-13(3,4)12(14)15/h10-11H,5-9H2,1-4H3,(H3,14,15)/t10-,11+. The van der Waals surface area contributed by atoms with Gasteiger partial charge in [0, 0.05) is 18.5 Å². The van der Waals surface area contributed by atoms with Crippen LogP contribution in [0.25, 0.3) is 0 Å². The molecule has 0 bridgehead atoms. The van der Waals surface area contributed by atoms with Crippen molar-refractivity contribution < 1.29 is 4.74 Å². The summed E-state index contributed by atoms with van der Waals surface area (Å²) in [7, 11) is 0. The van der Waals surface area contributed by atoms with Crippen LogP contribution in [-0.4, -0.2) is 42.6 Å². The molecule has 100 valence electrons. The number of amidine groups is 1. The highest BCUT2D eigenvalue weighted by molar-refractivity contribution is 5.82. The van der Waals surface area contributed by atoms with Gasteiger partial charge in [0.25, 0.3) is 0 Å². The first kappa shape index (κ1) is 14.5. The summed E-state index contributed by atoms with van der Waals surface area (Å²) in [5.41, 5.74) is 5.42. The minimum absolute atomic E-state index is 0.163. The van der Waals surface area contributed by atoms with E-state index in [0.29, 0.717) is 18.0 Å². The van der Waals surface area contributed by atoms with Crippen LogP contribution in [-0.2, 0) is 4.74 Å². The second-order valence-electron chi connectivity index (χ2n) is 5.92.